The maximum absolute atomic E-state index is 11.9. The van der Waals surface area contributed by atoms with Crippen molar-refractivity contribution in [3.8, 4) is 5.75 Å². The van der Waals surface area contributed by atoms with Crippen molar-refractivity contribution in [1.29, 1.82) is 0 Å². The van der Waals surface area contributed by atoms with E-state index >= 15 is 0 Å². The molecule has 2 rings (SSSR count). The number of carbonyl (C=O) groups excluding carboxylic acids is 1. The van der Waals surface area contributed by atoms with Crippen molar-refractivity contribution in [1.82, 2.24) is 5.32 Å². The van der Waals surface area contributed by atoms with Crippen LogP contribution in [0, 0.1) is 12.8 Å². The Morgan fingerprint density at radius 1 is 1.44 bits per heavy atom. The third-order valence-corrected chi connectivity index (χ3v) is 3.69. The van der Waals surface area contributed by atoms with E-state index in [9.17, 15) is 4.79 Å². The summed E-state index contributed by atoms with van der Waals surface area (Å²) >= 11 is 0. The summed E-state index contributed by atoms with van der Waals surface area (Å²) in [4.78, 5) is 11.9. The van der Waals surface area contributed by atoms with Gasteiger partial charge in [0.15, 0.2) is 0 Å². The van der Waals surface area contributed by atoms with Crippen molar-refractivity contribution in [2.24, 2.45) is 5.92 Å². The Hall–Kier alpha value is -1.51. The Morgan fingerprint density at radius 2 is 2.17 bits per heavy atom. The van der Waals surface area contributed by atoms with Crippen LogP contribution in [0.5, 0.6) is 5.75 Å². The van der Waals surface area contributed by atoms with Gasteiger partial charge in [0.05, 0.1) is 13.2 Å². The highest BCUT2D eigenvalue weighted by atomic mass is 16.5. The van der Waals surface area contributed by atoms with Gasteiger partial charge in [-0.25, -0.2) is 0 Å². The lowest BCUT2D eigenvalue weighted by Gasteiger charge is -2.26. The second-order valence-electron chi connectivity index (χ2n) is 5.10. The maximum atomic E-state index is 11.9. The summed E-state index contributed by atoms with van der Waals surface area (Å²) in [5.74, 6) is 1.24. The molecule has 1 fully saturated rings. The van der Waals surface area contributed by atoms with Crippen molar-refractivity contribution < 1.29 is 9.53 Å². The fourth-order valence-corrected chi connectivity index (χ4v) is 2.27. The predicted octanol–water partition coefficient (Wildman–Crippen LogP) is 2.98. The van der Waals surface area contributed by atoms with Crippen LogP contribution >= 0.6 is 0 Å². The number of carbonyl (C=O) groups is 1. The fourth-order valence-electron chi connectivity index (χ4n) is 2.27. The number of nitrogens with one attached hydrogen (secondary N) is 1. The SMILES string of the molecule is COc1ccc(C)cc1[C@H](C)NC(=O)C1CCC1. The molecule has 1 aromatic carbocycles. The van der Waals surface area contributed by atoms with Crippen molar-refractivity contribution in [3.63, 3.8) is 0 Å². The van der Waals surface area contributed by atoms with E-state index in [0.717, 1.165) is 24.2 Å². The van der Waals surface area contributed by atoms with E-state index < -0.39 is 0 Å². The van der Waals surface area contributed by atoms with Crippen LogP contribution in [0.3, 0.4) is 0 Å². The Balaban J connectivity index is 2.09. The van der Waals surface area contributed by atoms with E-state index in [0.29, 0.717) is 0 Å². The third-order valence-electron chi connectivity index (χ3n) is 3.69. The zero-order chi connectivity index (χ0) is 13.1. The monoisotopic (exact) mass is 247 g/mol. The maximum Gasteiger partial charge on any atom is 0.223 e. The molecule has 0 unspecified atom stereocenters. The van der Waals surface area contributed by atoms with Gasteiger partial charge in [-0.05, 0) is 32.8 Å². The predicted molar refractivity (Wildman–Crippen MR) is 71.6 cm³/mol. The first-order chi connectivity index (χ1) is 8.61. The summed E-state index contributed by atoms with van der Waals surface area (Å²) in [6, 6.07) is 6.04. The molecule has 1 aromatic rings. The molecule has 0 heterocycles. The average molecular weight is 247 g/mol. The van der Waals surface area contributed by atoms with Crippen LogP contribution in [0.25, 0.3) is 0 Å². The van der Waals surface area contributed by atoms with E-state index in [1.165, 1.54) is 12.0 Å². The first-order valence-electron chi connectivity index (χ1n) is 6.56. The third kappa shape index (κ3) is 2.66. The van der Waals surface area contributed by atoms with Crippen LogP contribution in [-0.4, -0.2) is 13.0 Å². The van der Waals surface area contributed by atoms with E-state index in [2.05, 4.69) is 11.4 Å². The van der Waals surface area contributed by atoms with Gasteiger partial charge in [0.2, 0.25) is 5.91 Å². The second kappa shape index (κ2) is 5.42. The minimum Gasteiger partial charge on any atom is -0.496 e. The topological polar surface area (TPSA) is 38.3 Å². The van der Waals surface area contributed by atoms with Gasteiger partial charge in [-0.3, -0.25) is 4.79 Å². The van der Waals surface area contributed by atoms with Gasteiger partial charge >= 0.3 is 0 Å². The lowest BCUT2D eigenvalue weighted by atomic mass is 9.84. The van der Waals surface area contributed by atoms with Crippen LogP contribution in [0.15, 0.2) is 18.2 Å². The van der Waals surface area contributed by atoms with Gasteiger partial charge in [0, 0.05) is 11.5 Å². The summed E-state index contributed by atoms with van der Waals surface area (Å²) in [7, 11) is 1.66. The smallest absolute Gasteiger partial charge is 0.223 e. The molecule has 18 heavy (non-hydrogen) atoms. The summed E-state index contributed by atoms with van der Waals surface area (Å²) in [5.41, 5.74) is 2.22. The summed E-state index contributed by atoms with van der Waals surface area (Å²) in [6.07, 6.45) is 3.24. The number of aryl methyl sites for hydroxylation is 1. The molecule has 1 amide bonds. The molecule has 0 spiro atoms. The normalized spacial score (nSPS) is 16.8. The standard InChI is InChI=1S/C15H21NO2/c1-10-7-8-14(18-3)13(9-10)11(2)16-15(17)12-5-4-6-12/h7-9,11-12H,4-6H2,1-3H3,(H,16,17)/t11-/m0/s1. The van der Waals surface area contributed by atoms with E-state index in [1.54, 1.807) is 7.11 Å². The van der Waals surface area contributed by atoms with Crippen LogP contribution < -0.4 is 10.1 Å². The zero-order valence-electron chi connectivity index (χ0n) is 11.3. The lowest BCUT2D eigenvalue weighted by Crippen LogP contribution is -2.36. The van der Waals surface area contributed by atoms with E-state index in [4.69, 9.17) is 4.74 Å². The number of methoxy groups -OCH3 is 1. The molecule has 0 saturated heterocycles. The van der Waals surface area contributed by atoms with Crippen molar-refractivity contribution in [3.05, 3.63) is 29.3 Å². The van der Waals surface area contributed by atoms with Crippen molar-refractivity contribution in [2.45, 2.75) is 39.2 Å². The molecule has 3 heteroatoms. The largest absolute Gasteiger partial charge is 0.496 e. The zero-order valence-corrected chi connectivity index (χ0v) is 11.3. The van der Waals surface area contributed by atoms with Gasteiger partial charge in [0.25, 0.3) is 0 Å². The van der Waals surface area contributed by atoms with Gasteiger partial charge in [0.1, 0.15) is 5.75 Å². The van der Waals surface area contributed by atoms with Crippen molar-refractivity contribution in [2.75, 3.05) is 7.11 Å². The number of amides is 1. The van der Waals surface area contributed by atoms with Crippen LogP contribution in [0.4, 0.5) is 0 Å². The van der Waals surface area contributed by atoms with Crippen LogP contribution in [0.1, 0.15) is 43.4 Å². The number of hydrogen-bond donors (Lipinski definition) is 1. The fraction of sp³-hybridized carbons (Fsp3) is 0.533. The van der Waals surface area contributed by atoms with Gasteiger partial charge in [-0.1, -0.05) is 24.1 Å². The molecule has 1 N–H and O–H groups in total. The molecule has 0 aromatic heterocycles. The Labute approximate surface area is 109 Å². The highest BCUT2D eigenvalue weighted by Gasteiger charge is 2.26. The molecule has 98 valence electrons. The Bertz CT molecular complexity index is 438. The minimum atomic E-state index is -0.00653. The molecule has 0 bridgehead atoms. The molecule has 1 aliphatic rings. The molecule has 1 aliphatic carbocycles. The molecule has 0 radical (unpaired) electrons. The summed E-state index contributed by atoms with van der Waals surface area (Å²) in [5, 5.41) is 3.08. The molecule has 0 aliphatic heterocycles. The molecule has 3 nitrogen and oxygen atoms in total. The number of rotatable bonds is 4. The number of benzene rings is 1. The molecule has 1 atom stereocenters. The number of ether oxygens (including phenoxy) is 1. The van der Waals surface area contributed by atoms with Crippen LogP contribution in [-0.2, 0) is 4.79 Å². The molecular weight excluding hydrogens is 226 g/mol. The highest BCUT2D eigenvalue weighted by Crippen LogP contribution is 2.29. The lowest BCUT2D eigenvalue weighted by molar-refractivity contribution is -0.128. The first kappa shape index (κ1) is 12.9. The van der Waals surface area contributed by atoms with Gasteiger partial charge in [-0.15, -0.1) is 0 Å². The Kier molecular flexibility index (Phi) is 3.90. The quantitative estimate of drug-likeness (QED) is 0.888. The molecule has 1 saturated carbocycles. The molecular formula is C15H21NO2. The average Bonchev–Trinajstić information content (AvgIpc) is 2.26. The summed E-state index contributed by atoms with van der Waals surface area (Å²) in [6.45, 7) is 4.05. The van der Waals surface area contributed by atoms with E-state index in [1.807, 2.05) is 26.0 Å². The first-order valence-corrected chi connectivity index (χ1v) is 6.56. The Morgan fingerprint density at radius 3 is 2.72 bits per heavy atom. The van der Waals surface area contributed by atoms with Gasteiger partial charge in [-0.2, -0.15) is 0 Å². The highest BCUT2D eigenvalue weighted by molar-refractivity contribution is 5.79. The minimum absolute atomic E-state index is 0.00653. The van der Waals surface area contributed by atoms with Crippen molar-refractivity contribution >= 4 is 5.91 Å². The summed E-state index contributed by atoms with van der Waals surface area (Å²) < 4.78 is 5.35. The van der Waals surface area contributed by atoms with Gasteiger partial charge < -0.3 is 10.1 Å². The number of hydrogen-bond acceptors (Lipinski definition) is 2. The second-order valence-corrected chi connectivity index (χ2v) is 5.10. The van der Waals surface area contributed by atoms with E-state index in [-0.39, 0.29) is 17.9 Å². The van der Waals surface area contributed by atoms with Crippen LogP contribution in [0.2, 0.25) is 0 Å².